The van der Waals surface area contributed by atoms with E-state index < -0.39 is 23.9 Å². The van der Waals surface area contributed by atoms with Crippen molar-refractivity contribution in [3.63, 3.8) is 0 Å². The largest absolute Gasteiger partial charge is 0.513 e. The van der Waals surface area contributed by atoms with Crippen LogP contribution in [0, 0.1) is 0 Å². The highest BCUT2D eigenvalue weighted by molar-refractivity contribution is 6.22. The Hall–Kier alpha value is -4.99. The summed E-state index contributed by atoms with van der Waals surface area (Å²) >= 11 is 0. The molecule has 10 nitrogen and oxygen atoms in total. The molecule has 194 valence electrons. The number of carbonyl (C=O) groups excluding carboxylic acids is 5. The van der Waals surface area contributed by atoms with Crippen LogP contribution in [0.2, 0.25) is 0 Å². The van der Waals surface area contributed by atoms with Crippen LogP contribution < -0.4 is 15.4 Å². The third-order valence-electron chi connectivity index (χ3n) is 5.70. The van der Waals surface area contributed by atoms with Crippen molar-refractivity contribution >= 4 is 41.2 Å². The number of benzene rings is 3. The second kappa shape index (κ2) is 11.0. The number of nitrogens with one attached hydrogen (secondary N) is 2. The van der Waals surface area contributed by atoms with E-state index >= 15 is 0 Å². The lowest BCUT2D eigenvalue weighted by Gasteiger charge is -2.17. The molecule has 0 aromatic heterocycles. The SMILES string of the molecule is CCOC(=O)Oc1ccc(C(=O)Nc2ccccc2NC(=O)c2ccc3c(c2)C(=O)N(C(C)C)C3=O)cc1. The van der Waals surface area contributed by atoms with E-state index in [1.807, 2.05) is 0 Å². The van der Waals surface area contributed by atoms with Crippen molar-refractivity contribution in [1.82, 2.24) is 4.90 Å². The first-order valence-corrected chi connectivity index (χ1v) is 11.9. The van der Waals surface area contributed by atoms with Gasteiger partial charge in [-0.15, -0.1) is 0 Å². The number of hydrogen-bond donors (Lipinski definition) is 2. The first-order chi connectivity index (χ1) is 18.2. The van der Waals surface area contributed by atoms with E-state index in [1.54, 1.807) is 45.0 Å². The van der Waals surface area contributed by atoms with E-state index in [2.05, 4.69) is 10.6 Å². The maximum atomic E-state index is 13.0. The number of ether oxygens (including phenoxy) is 2. The summed E-state index contributed by atoms with van der Waals surface area (Å²) in [4.78, 5) is 63.6. The molecule has 4 rings (SSSR count). The molecule has 3 aromatic carbocycles. The van der Waals surface area contributed by atoms with Crippen LogP contribution in [0.15, 0.2) is 66.7 Å². The second-order valence-corrected chi connectivity index (χ2v) is 8.60. The van der Waals surface area contributed by atoms with Crippen molar-refractivity contribution in [1.29, 1.82) is 0 Å². The second-order valence-electron chi connectivity index (χ2n) is 8.60. The fourth-order valence-electron chi connectivity index (χ4n) is 3.88. The molecular formula is C28H25N3O7. The Kier molecular flexibility index (Phi) is 7.52. The molecule has 0 spiro atoms. The molecular weight excluding hydrogens is 490 g/mol. The van der Waals surface area contributed by atoms with Gasteiger partial charge in [0.05, 0.1) is 29.1 Å². The summed E-state index contributed by atoms with van der Waals surface area (Å²) in [5.74, 6) is -1.58. The van der Waals surface area contributed by atoms with Crippen molar-refractivity contribution in [3.8, 4) is 5.75 Å². The van der Waals surface area contributed by atoms with Gasteiger partial charge in [0.2, 0.25) is 0 Å². The van der Waals surface area contributed by atoms with E-state index in [4.69, 9.17) is 9.47 Å². The van der Waals surface area contributed by atoms with Crippen LogP contribution in [-0.4, -0.2) is 47.3 Å². The van der Waals surface area contributed by atoms with E-state index in [-0.39, 0.29) is 41.0 Å². The smallest absolute Gasteiger partial charge is 0.434 e. The van der Waals surface area contributed by atoms with Gasteiger partial charge in [0, 0.05) is 17.2 Å². The fourth-order valence-corrected chi connectivity index (χ4v) is 3.88. The summed E-state index contributed by atoms with van der Waals surface area (Å²) in [6.07, 6.45) is -0.842. The summed E-state index contributed by atoms with van der Waals surface area (Å²) < 4.78 is 9.70. The Labute approximate surface area is 218 Å². The molecule has 3 aromatic rings. The first-order valence-electron chi connectivity index (χ1n) is 11.9. The highest BCUT2D eigenvalue weighted by Gasteiger charge is 2.37. The van der Waals surface area contributed by atoms with E-state index in [1.165, 1.54) is 42.5 Å². The molecule has 0 atom stereocenters. The van der Waals surface area contributed by atoms with E-state index in [9.17, 15) is 24.0 Å². The number of carbonyl (C=O) groups is 5. The molecule has 0 bridgehead atoms. The van der Waals surface area contributed by atoms with E-state index in [0.717, 1.165) is 4.90 Å². The van der Waals surface area contributed by atoms with Crippen LogP contribution in [0.25, 0.3) is 0 Å². The maximum absolute atomic E-state index is 13.0. The normalized spacial score (nSPS) is 12.3. The summed E-state index contributed by atoms with van der Waals surface area (Å²) in [5, 5.41) is 5.49. The first kappa shape index (κ1) is 26.1. The molecule has 0 radical (unpaired) electrons. The molecule has 1 aliphatic heterocycles. The predicted octanol–water partition coefficient (Wildman–Crippen LogP) is 4.73. The molecule has 4 amide bonds. The van der Waals surface area contributed by atoms with Gasteiger partial charge in [-0.05, 0) is 75.4 Å². The van der Waals surface area contributed by atoms with Gasteiger partial charge < -0.3 is 20.1 Å². The van der Waals surface area contributed by atoms with Crippen molar-refractivity contribution in [3.05, 3.63) is 89.0 Å². The number of amides is 4. The Morgan fingerprint density at radius 2 is 1.34 bits per heavy atom. The number of rotatable bonds is 7. The summed E-state index contributed by atoms with van der Waals surface area (Å²) in [6.45, 7) is 5.32. The van der Waals surface area contributed by atoms with Gasteiger partial charge in [-0.2, -0.15) is 0 Å². The lowest BCUT2D eigenvalue weighted by Crippen LogP contribution is -2.35. The van der Waals surface area contributed by atoms with Gasteiger partial charge in [-0.3, -0.25) is 24.1 Å². The van der Waals surface area contributed by atoms with Gasteiger partial charge >= 0.3 is 6.16 Å². The zero-order valence-corrected chi connectivity index (χ0v) is 20.9. The molecule has 2 N–H and O–H groups in total. The quantitative estimate of drug-likeness (QED) is 0.264. The molecule has 1 aliphatic rings. The van der Waals surface area contributed by atoms with Crippen LogP contribution in [0.4, 0.5) is 16.2 Å². The highest BCUT2D eigenvalue weighted by atomic mass is 16.7. The van der Waals surface area contributed by atoms with Gasteiger partial charge in [-0.1, -0.05) is 12.1 Å². The molecule has 0 fully saturated rings. The number of para-hydroxylation sites is 2. The van der Waals surface area contributed by atoms with Crippen molar-refractivity contribution in [2.24, 2.45) is 0 Å². The third-order valence-corrected chi connectivity index (χ3v) is 5.70. The number of imide groups is 1. The van der Waals surface area contributed by atoms with Gasteiger partial charge in [-0.25, -0.2) is 4.79 Å². The average Bonchev–Trinajstić information content (AvgIpc) is 3.15. The monoisotopic (exact) mass is 515 g/mol. The van der Waals surface area contributed by atoms with Gasteiger partial charge in [0.15, 0.2) is 0 Å². The van der Waals surface area contributed by atoms with Crippen molar-refractivity contribution < 1.29 is 33.4 Å². The minimum absolute atomic E-state index is 0.174. The fraction of sp³-hybridized carbons (Fsp3) is 0.179. The average molecular weight is 516 g/mol. The minimum Gasteiger partial charge on any atom is -0.434 e. The standard InChI is InChI=1S/C28H25N3O7/c1-4-37-28(36)38-19-12-9-17(10-13-19)24(32)29-22-7-5-6-8-23(22)30-25(33)18-11-14-20-21(15-18)27(35)31(16(2)3)26(20)34/h5-16H,4H2,1-3H3,(H,29,32)(H,30,33). The maximum Gasteiger partial charge on any atom is 0.513 e. The molecule has 0 saturated carbocycles. The van der Waals surface area contributed by atoms with Crippen LogP contribution in [0.5, 0.6) is 5.75 Å². The van der Waals surface area contributed by atoms with Gasteiger partial charge in [0.1, 0.15) is 5.75 Å². The van der Waals surface area contributed by atoms with E-state index in [0.29, 0.717) is 16.9 Å². The molecule has 1 heterocycles. The molecule has 0 aliphatic carbocycles. The number of fused-ring (bicyclic) bond motifs is 1. The molecule has 38 heavy (non-hydrogen) atoms. The Balaban J connectivity index is 1.47. The van der Waals surface area contributed by atoms with Crippen LogP contribution >= 0.6 is 0 Å². The van der Waals surface area contributed by atoms with Crippen molar-refractivity contribution in [2.75, 3.05) is 17.2 Å². The zero-order chi connectivity index (χ0) is 27.4. The summed E-state index contributed by atoms with van der Waals surface area (Å²) in [6, 6.07) is 16.5. The summed E-state index contributed by atoms with van der Waals surface area (Å²) in [7, 11) is 0. The van der Waals surface area contributed by atoms with Gasteiger partial charge in [0.25, 0.3) is 23.6 Å². The number of hydrogen-bond acceptors (Lipinski definition) is 7. The van der Waals surface area contributed by atoms with Crippen LogP contribution in [0.1, 0.15) is 62.2 Å². The summed E-state index contributed by atoms with van der Waals surface area (Å²) in [5.41, 5.74) is 1.59. The topological polar surface area (TPSA) is 131 Å². The highest BCUT2D eigenvalue weighted by Crippen LogP contribution is 2.27. The minimum atomic E-state index is -0.842. The number of nitrogens with zero attached hydrogens (tertiary/aromatic N) is 1. The van der Waals surface area contributed by atoms with Crippen molar-refractivity contribution in [2.45, 2.75) is 26.8 Å². The molecule has 10 heteroatoms. The van der Waals surface area contributed by atoms with Crippen LogP contribution in [0.3, 0.4) is 0 Å². The lowest BCUT2D eigenvalue weighted by molar-refractivity contribution is 0.0608. The predicted molar refractivity (Wildman–Crippen MR) is 139 cm³/mol. The molecule has 0 saturated heterocycles. The zero-order valence-electron chi connectivity index (χ0n) is 20.9. The lowest BCUT2D eigenvalue weighted by atomic mass is 10.1. The Bertz CT molecular complexity index is 1430. The number of anilines is 2. The van der Waals surface area contributed by atoms with Crippen LogP contribution in [-0.2, 0) is 4.74 Å². The molecule has 0 unspecified atom stereocenters. The third kappa shape index (κ3) is 5.39. The Morgan fingerprint density at radius 3 is 1.92 bits per heavy atom. The Morgan fingerprint density at radius 1 is 0.789 bits per heavy atom.